The van der Waals surface area contributed by atoms with Gasteiger partial charge in [0.25, 0.3) is 0 Å². The minimum absolute atomic E-state index is 0.00837. The van der Waals surface area contributed by atoms with Crippen molar-refractivity contribution in [1.29, 1.82) is 0 Å². The van der Waals surface area contributed by atoms with E-state index in [1.807, 2.05) is 70.3 Å². The van der Waals surface area contributed by atoms with Gasteiger partial charge >= 0.3 is 0 Å². The Bertz CT molecular complexity index is 1530. The van der Waals surface area contributed by atoms with E-state index in [0.717, 1.165) is 54.1 Å². The lowest BCUT2D eigenvalue weighted by Gasteiger charge is -2.32. The number of carbonyl (C=O) groups excluding carboxylic acids is 1. The molecule has 3 heterocycles. The van der Waals surface area contributed by atoms with Crippen LogP contribution in [0, 0.1) is 0 Å². The van der Waals surface area contributed by atoms with Gasteiger partial charge in [0.05, 0.1) is 11.4 Å². The van der Waals surface area contributed by atoms with Gasteiger partial charge in [0.1, 0.15) is 29.3 Å². The van der Waals surface area contributed by atoms with E-state index in [2.05, 4.69) is 28.7 Å². The highest BCUT2D eigenvalue weighted by atomic mass is 16.5. The minimum Gasteiger partial charge on any atom is -0.457 e. The number of para-hydroxylation sites is 1. The zero-order valence-electron chi connectivity index (χ0n) is 23.7. The second-order valence-corrected chi connectivity index (χ2v) is 11.2. The fraction of sp³-hybridized carbons (Fsp3) is 0.375. The molecule has 2 aromatic heterocycles. The summed E-state index contributed by atoms with van der Waals surface area (Å²) < 4.78 is 7.90. The van der Waals surface area contributed by atoms with Crippen molar-refractivity contribution in [3.8, 4) is 22.8 Å². The third kappa shape index (κ3) is 5.95. The summed E-state index contributed by atoms with van der Waals surface area (Å²) in [6.45, 7) is 6.56. The molecule has 1 atom stereocenters. The first-order valence-corrected chi connectivity index (χ1v) is 14.5. The number of aromatic nitrogens is 4. The Balaban J connectivity index is 1.21. The molecule has 2 aliphatic rings. The largest absolute Gasteiger partial charge is 0.457 e. The summed E-state index contributed by atoms with van der Waals surface area (Å²) in [6.07, 6.45) is 9.55. The summed E-state index contributed by atoms with van der Waals surface area (Å²) >= 11 is 0. The number of amides is 1. The number of rotatable bonds is 9. The Morgan fingerprint density at radius 3 is 2.56 bits per heavy atom. The summed E-state index contributed by atoms with van der Waals surface area (Å²) in [5.74, 6) is 1.95. The maximum Gasteiger partial charge on any atom is 0.246 e. The number of carbonyl (C=O) groups is 1. The van der Waals surface area contributed by atoms with E-state index in [4.69, 9.17) is 15.6 Å². The van der Waals surface area contributed by atoms with E-state index in [1.165, 1.54) is 19.2 Å². The number of nitrogen functional groups attached to an aromatic ring is 1. The van der Waals surface area contributed by atoms with Crippen molar-refractivity contribution in [2.24, 2.45) is 0 Å². The molecule has 41 heavy (non-hydrogen) atoms. The van der Waals surface area contributed by atoms with Crippen LogP contribution in [0.2, 0.25) is 0 Å². The first-order chi connectivity index (χ1) is 20.0. The number of nitrogens with zero attached hydrogens (tertiary/aromatic N) is 6. The molecule has 1 aliphatic carbocycles. The average molecular weight is 552 g/mol. The van der Waals surface area contributed by atoms with E-state index in [-0.39, 0.29) is 11.9 Å². The number of anilines is 1. The smallest absolute Gasteiger partial charge is 0.246 e. The van der Waals surface area contributed by atoms with Gasteiger partial charge in [-0.25, -0.2) is 14.6 Å². The van der Waals surface area contributed by atoms with E-state index >= 15 is 0 Å². The lowest BCUT2D eigenvalue weighted by atomic mass is 10.1. The monoisotopic (exact) mass is 551 g/mol. The van der Waals surface area contributed by atoms with Crippen LogP contribution in [0.3, 0.4) is 0 Å². The SMILES string of the molecule is CC(C)N(C/C=C/C(=O)N1CCCC(n2nc(-c3ccc(Oc4ccccc4)cc3)c3c(N)ncnc32)C1)C1CC1. The van der Waals surface area contributed by atoms with Crippen molar-refractivity contribution in [2.45, 2.75) is 57.7 Å². The lowest BCUT2D eigenvalue weighted by Crippen LogP contribution is -2.40. The maximum atomic E-state index is 13.2. The van der Waals surface area contributed by atoms with Crippen molar-refractivity contribution < 1.29 is 9.53 Å². The molecule has 1 unspecified atom stereocenters. The Morgan fingerprint density at radius 2 is 1.83 bits per heavy atom. The first kappa shape index (κ1) is 27.0. The second-order valence-electron chi connectivity index (χ2n) is 11.2. The van der Waals surface area contributed by atoms with Crippen molar-refractivity contribution in [3.05, 3.63) is 73.1 Å². The summed E-state index contributed by atoms with van der Waals surface area (Å²) in [6, 6.07) is 18.6. The van der Waals surface area contributed by atoms with Gasteiger partial charge in [0, 0.05) is 43.4 Å². The number of likely N-dealkylation sites (tertiary alicyclic amines) is 1. The van der Waals surface area contributed by atoms with Crippen LogP contribution in [-0.2, 0) is 4.79 Å². The van der Waals surface area contributed by atoms with Crippen molar-refractivity contribution in [3.63, 3.8) is 0 Å². The first-order valence-electron chi connectivity index (χ1n) is 14.5. The van der Waals surface area contributed by atoms with Gasteiger partial charge < -0.3 is 15.4 Å². The number of piperidine rings is 1. The summed E-state index contributed by atoms with van der Waals surface area (Å²) in [5, 5.41) is 5.74. The standard InChI is InChI=1S/C32H37N7O2/c1-22(2)38(24-14-15-24)19-7-11-28(40)37-18-6-8-25(20-37)39-32-29(31(33)34-21-35-32)30(36-39)23-12-16-27(17-13-23)41-26-9-4-3-5-10-26/h3-5,7,9-13,16-17,21-22,24-25H,6,8,14-15,18-20H2,1-2H3,(H2,33,34,35)/b11-7+. The molecule has 4 aromatic rings. The van der Waals surface area contributed by atoms with Gasteiger partial charge in [-0.3, -0.25) is 9.69 Å². The van der Waals surface area contributed by atoms with Gasteiger partial charge in [0.15, 0.2) is 5.65 Å². The average Bonchev–Trinajstić information content (AvgIpc) is 3.75. The van der Waals surface area contributed by atoms with E-state index < -0.39 is 0 Å². The molecule has 0 radical (unpaired) electrons. The molecule has 6 rings (SSSR count). The Labute approximate surface area is 240 Å². The highest BCUT2D eigenvalue weighted by molar-refractivity contribution is 5.98. The number of hydrogen-bond donors (Lipinski definition) is 1. The molecule has 1 amide bonds. The van der Waals surface area contributed by atoms with E-state index in [9.17, 15) is 4.79 Å². The van der Waals surface area contributed by atoms with Crippen molar-refractivity contribution in [1.82, 2.24) is 29.5 Å². The third-order valence-electron chi connectivity index (χ3n) is 7.93. The molecule has 9 nitrogen and oxygen atoms in total. The predicted molar refractivity (Wildman–Crippen MR) is 161 cm³/mol. The highest BCUT2D eigenvalue weighted by Gasteiger charge is 2.30. The zero-order valence-corrected chi connectivity index (χ0v) is 23.7. The fourth-order valence-corrected chi connectivity index (χ4v) is 5.68. The van der Waals surface area contributed by atoms with Gasteiger partial charge in [0.2, 0.25) is 5.91 Å². The molecule has 2 fully saturated rings. The molecule has 212 valence electrons. The van der Waals surface area contributed by atoms with Crippen LogP contribution in [0.5, 0.6) is 11.5 Å². The Hall–Kier alpha value is -4.24. The summed E-state index contributed by atoms with van der Waals surface area (Å²) in [4.78, 5) is 26.4. The lowest BCUT2D eigenvalue weighted by molar-refractivity contribution is -0.127. The van der Waals surface area contributed by atoms with E-state index in [0.29, 0.717) is 30.1 Å². The van der Waals surface area contributed by atoms with Crippen molar-refractivity contribution in [2.75, 3.05) is 25.4 Å². The molecular weight excluding hydrogens is 514 g/mol. The van der Waals surface area contributed by atoms with Crippen LogP contribution in [-0.4, -0.2) is 67.2 Å². The Morgan fingerprint density at radius 1 is 1.07 bits per heavy atom. The molecular formula is C32H37N7O2. The van der Waals surface area contributed by atoms with Gasteiger partial charge in [-0.1, -0.05) is 24.3 Å². The van der Waals surface area contributed by atoms with Crippen LogP contribution >= 0.6 is 0 Å². The maximum absolute atomic E-state index is 13.2. The molecule has 9 heteroatoms. The molecule has 0 spiro atoms. The van der Waals surface area contributed by atoms with Crippen LogP contribution in [0.1, 0.15) is 45.6 Å². The fourth-order valence-electron chi connectivity index (χ4n) is 5.68. The van der Waals surface area contributed by atoms with Gasteiger partial charge in [-0.05, 0) is 75.9 Å². The molecule has 2 aromatic carbocycles. The highest BCUT2D eigenvalue weighted by Crippen LogP contribution is 2.35. The third-order valence-corrected chi connectivity index (χ3v) is 7.93. The Kier molecular flexibility index (Phi) is 7.69. The van der Waals surface area contributed by atoms with Gasteiger partial charge in [-0.15, -0.1) is 0 Å². The topological polar surface area (TPSA) is 102 Å². The molecule has 2 N–H and O–H groups in total. The van der Waals surface area contributed by atoms with Crippen LogP contribution < -0.4 is 10.5 Å². The van der Waals surface area contributed by atoms with Crippen LogP contribution in [0.4, 0.5) is 5.82 Å². The second kappa shape index (κ2) is 11.7. The quantitative estimate of drug-likeness (QED) is 0.276. The normalized spacial score (nSPS) is 17.7. The molecule has 0 bridgehead atoms. The van der Waals surface area contributed by atoms with E-state index in [1.54, 1.807) is 6.08 Å². The number of hydrogen-bond acceptors (Lipinski definition) is 7. The summed E-state index contributed by atoms with van der Waals surface area (Å²) in [5.41, 5.74) is 8.67. The number of ether oxygens (including phenoxy) is 1. The minimum atomic E-state index is -0.00837. The van der Waals surface area contributed by atoms with Crippen LogP contribution in [0.15, 0.2) is 73.1 Å². The molecule has 1 aliphatic heterocycles. The predicted octanol–water partition coefficient (Wildman–Crippen LogP) is 5.46. The number of nitrogens with two attached hydrogens (primary N) is 1. The van der Waals surface area contributed by atoms with Gasteiger partial charge in [-0.2, -0.15) is 5.10 Å². The van der Waals surface area contributed by atoms with Crippen LogP contribution in [0.25, 0.3) is 22.3 Å². The number of benzene rings is 2. The summed E-state index contributed by atoms with van der Waals surface area (Å²) in [7, 11) is 0. The van der Waals surface area contributed by atoms with Crippen molar-refractivity contribution >= 4 is 22.8 Å². The molecule has 1 saturated heterocycles. The number of fused-ring (bicyclic) bond motifs is 1. The molecule has 1 saturated carbocycles. The zero-order chi connectivity index (χ0) is 28.3.